The van der Waals surface area contributed by atoms with Gasteiger partial charge in [-0.05, 0) is 12.1 Å². The molecule has 0 bridgehead atoms. The van der Waals surface area contributed by atoms with E-state index in [2.05, 4.69) is 15.3 Å². The maximum atomic E-state index is 8.80. The van der Waals surface area contributed by atoms with Gasteiger partial charge < -0.3 is 35.1 Å². The molecule has 0 saturated heterocycles. The van der Waals surface area contributed by atoms with Crippen molar-refractivity contribution in [3.8, 4) is 17.2 Å². The number of para-hydroxylation sites is 2. The Labute approximate surface area is 168 Å². The summed E-state index contributed by atoms with van der Waals surface area (Å²) >= 11 is 0. The molecule has 29 heavy (non-hydrogen) atoms. The largest absolute Gasteiger partial charge is 0.497 e. The van der Waals surface area contributed by atoms with Gasteiger partial charge in [0.05, 0.1) is 50.8 Å². The zero-order valence-corrected chi connectivity index (χ0v) is 16.3. The maximum Gasteiger partial charge on any atom is 0.185 e. The molecule has 9 nitrogen and oxygen atoms in total. The van der Waals surface area contributed by atoms with E-state index in [-0.39, 0.29) is 25.6 Å². The molecule has 0 fully saturated rings. The van der Waals surface area contributed by atoms with Gasteiger partial charge in [-0.1, -0.05) is 12.1 Å². The van der Waals surface area contributed by atoms with Crippen LogP contribution in [0.5, 0.6) is 17.2 Å². The number of nitrogens with one attached hydrogen (secondary N) is 1. The van der Waals surface area contributed by atoms with Crippen LogP contribution in [0, 0.1) is 0 Å². The highest BCUT2D eigenvalue weighted by Gasteiger charge is 2.16. The Morgan fingerprint density at radius 1 is 1.00 bits per heavy atom. The summed E-state index contributed by atoms with van der Waals surface area (Å²) in [5.41, 5.74) is 8.07. The van der Waals surface area contributed by atoms with Crippen LogP contribution in [-0.4, -0.2) is 55.7 Å². The summed E-state index contributed by atoms with van der Waals surface area (Å²) in [5, 5.41) is 12.0. The first-order valence-corrected chi connectivity index (χ1v) is 9.03. The summed E-state index contributed by atoms with van der Waals surface area (Å²) in [6.07, 6.45) is 0. The number of nitrogens with zero attached hydrogens (tertiary/aromatic N) is 2. The molecule has 4 N–H and O–H groups in total. The molecule has 3 aromatic rings. The molecular weight excluding hydrogens is 376 g/mol. The quantitative estimate of drug-likeness (QED) is 0.440. The van der Waals surface area contributed by atoms with Crippen LogP contribution in [0.15, 0.2) is 36.4 Å². The molecule has 9 heteroatoms. The minimum absolute atomic E-state index is 0.0431. The Balaban J connectivity index is 1.93. The van der Waals surface area contributed by atoms with Gasteiger partial charge in [0.25, 0.3) is 0 Å². The van der Waals surface area contributed by atoms with E-state index in [4.69, 9.17) is 29.8 Å². The van der Waals surface area contributed by atoms with Crippen molar-refractivity contribution < 1.29 is 24.1 Å². The van der Waals surface area contributed by atoms with Crippen molar-refractivity contribution in [3.05, 3.63) is 36.4 Å². The number of aromatic nitrogens is 2. The second-order valence-corrected chi connectivity index (χ2v) is 5.96. The van der Waals surface area contributed by atoms with Crippen molar-refractivity contribution in [3.63, 3.8) is 0 Å². The summed E-state index contributed by atoms with van der Waals surface area (Å²) in [7, 11) is 3.10. The molecule has 0 radical (unpaired) electrons. The molecule has 0 aliphatic rings. The first kappa shape index (κ1) is 20.4. The summed E-state index contributed by atoms with van der Waals surface area (Å²) in [5.74, 6) is 2.14. The number of benzene rings is 2. The van der Waals surface area contributed by atoms with Crippen LogP contribution in [0.4, 0.5) is 17.3 Å². The predicted octanol–water partition coefficient (Wildman–Crippen LogP) is 2.36. The number of ether oxygens (including phenoxy) is 4. The summed E-state index contributed by atoms with van der Waals surface area (Å²) in [6.45, 7) is 0.777. The Hall–Kier alpha value is -3.30. The van der Waals surface area contributed by atoms with E-state index in [1.165, 1.54) is 7.11 Å². The molecular formula is C20H24N4O5. The molecule has 0 aliphatic carbocycles. The number of fused-ring (bicyclic) bond motifs is 1. The lowest BCUT2D eigenvalue weighted by atomic mass is 10.2. The second kappa shape index (κ2) is 9.76. The zero-order valence-electron chi connectivity index (χ0n) is 16.3. The zero-order chi connectivity index (χ0) is 20.6. The van der Waals surface area contributed by atoms with Crippen molar-refractivity contribution in [2.24, 2.45) is 0 Å². The van der Waals surface area contributed by atoms with Crippen LogP contribution < -0.4 is 25.3 Å². The van der Waals surface area contributed by atoms with Crippen molar-refractivity contribution >= 4 is 28.4 Å². The number of methoxy groups -OCH3 is 2. The number of nitrogen functional groups attached to an aromatic ring is 1. The van der Waals surface area contributed by atoms with Gasteiger partial charge in [-0.3, -0.25) is 0 Å². The fraction of sp³-hybridized carbons (Fsp3) is 0.300. The van der Waals surface area contributed by atoms with Crippen LogP contribution in [-0.2, 0) is 4.74 Å². The Morgan fingerprint density at radius 2 is 1.76 bits per heavy atom. The number of aliphatic hydroxyl groups excluding tert-OH is 1. The lowest BCUT2D eigenvalue weighted by Crippen LogP contribution is -2.11. The monoisotopic (exact) mass is 400 g/mol. The summed E-state index contributed by atoms with van der Waals surface area (Å²) < 4.78 is 21.9. The van der Waals surface area contributed by atoms with Crippen LogP contribution in [0.3, 0.4) is 0 Å². The van der Waals surface area contributed by atoms with Gasteiger partial charge in [0.15, 0.2) is 23.1 Å². The lowest BCUT2D eigenvalue weighted by molar-refractivity contribution is 0.0700. The molecule has 0 saturated carbocycles. The topological polar surface area (TPSA) is 121 Å². The standard InChI is InChI=1S/C20H24N4O5/c1-26-13-11-16(18(17(12-13)27-2)29-10-9-28-8-7-25)24-20-19(21)22-14-5-3-4-6-15(14)23-20/h3-6,11-12,25H,7-10H2,1-2H3,(H2,21,22)(H,23,24). The highest BCUT2D eigenvalue weighted by molar-refractivity contribution is 5.82. The van der Waals surface area contributed by atoms with Gasteiger partial charge in [-0.2, -0.15) is 0 Å². The molecule has 0 unspecified atom stereocenters. The number of anilines is 3. The molecule has 2 aromatic carbocycles. The van der Waals surface area contributed by atoms with E-state index >= 15 is 0 Å². The smallest absolute Gasteiger partial charge is 0.185 e. The first-order valence-electron chi connectivity index (χ1n) is 9.03. The van der Waals surface area contributed by atoms with Crippen molar-refractivity contribution in [1.29, 1.82) is 0 Å². The molecule has 0 amide bonds. The SMILES string of the molecule is COc1cc(Nc2nc3ccccc3nc2N)c(OCCOCCO)c(OC)c1. The van der Waals surface area contributed by atoms with Crippen LogP contribution >= 0.6 is 0 Å². The van der Waals surface area contributed by atoms with Crippen molar-refractivity contribution in [2.45, 2.75) is 0 Å². The Morgan fingerprint density at radius 3 is 2.45 bits per heavy atom. The summed E-state index contributed by atoms with van der Waals surface area (Å²) in [6, 6.07) is 10.9. The number of hydrogen-bond acceptors (Lipinski definition) is 9. The second-order valence-electron chi connectivity index (χ2n) is 5.96. The van der Waals surface area contributed by atoms with Gasteiger partial charge >= 0.3 is 0 Å². The number of aliphatic hydroxyl groups is 1. The van der Waals surface area contributed by atoms with Gasteiger partial charge in [-0.15, -0.1) is 0 Å². The molecule has 0 aliphatic heterocycles. The summed E-state index contributed by atoms with van der Waals surface area (Å²) in [4.78, 5) is 8.94. The van der Waals surface area contributed by atoms with Crippen LogP contribution in [0.25, 0.3) is 11.0 Å². The van der Waals surface area contributed by atoms with E-state index < -0.39 is 0 Å². The Bertz CT molecular complexity index is 967. The highest BCUT2D eigenvalue weighted by atomic mass is 16.5. The van der Waals surface area contributed by atoms with Crippen LogP contribution in [0.2, 0.25) is 0 Å². The van der Waals surface area contributed by atoms with E-state index in [1.54, 1.807) is 19.2 Å². The van der Waals surface area contributed by atoms with E-state index in [0.717, 1.165) is 0 Å². The number of rotatable bonds is 10. The highest BCUT2D eigenvalue weighted by Crippen LogP contribution is 2.41. The van der Waals surface area contributed by atoms with Gasteiger partial charge in [0.1, 0.15) is 12.4 Å². The fourth-order valence-electron chi connectivity index (χ4n) is 2.69. The predicted molar refractivity (Wildman–Crippen MR) is 110 cm³/mol. The third-order valence-corrected chi connectivity index (χ3v) is 4.04. The average Bonchev–Trinajstić information content (AvgIpc) is 2.74. The first-order chi connectivity index (χ1) is 14.2. The third kappa shape index (κ3) is 4.95. The number of nitrogens with two attached hydrogens (primary N) is 1. The molecule has 1 aromatic heterocycles. The maximum absolute atomic E-state index is 8.80. The normalized spacial score (nSPS) is 10.7. The van der Waals surface area contributed by atoms with Crippen LogP contribution in [0.1, 0.15) is 0 Å². The van der Waals surface area contributed by atoms with Crippen molar-refractivity contribution in [2.75, 3.05) is 51.7 Å². The lowest BCUT2D eigenvalue weighted by Gasteiger charge is -2.18. The fourth-order valence-corrected chi connectivity index (χ4v) is 2.69. The third-order valence-electron chi connectivity index (χ3n) is 4.04. The Kier molecular flexibility index (Phi) is 6.88. The number of hydrogen-bond donors (Lipinski definition) is 3. The molecule has 154 valence electrons. The van der Waals surface area contributed by atoms with Gasteiger partial charge in [0, 0.05) is 12.1 Å². The average molecular weight is 400 g/mol. The van der Waals surface area contributed by atoms with E-state index in [9.17, 15) is 0 Å². The minimum atomic E-state index is -0.0431. The van der Waals surface area contributed by atoms with Crippen molar-refractivity contribution in [1.82, 2.24) is 9.97 Å². The van der Waals surface area contributed by atoms with Gasteiger partial charge in [0.2, 0.25) is 0 Å². The molecule has 1 heterocycles. The molecule has 0 spiro atoms. The minimum Gasteiger partial charge on any atom is -0.497 e. The molecule has 0 atom stereocenters. The van der Waals surface area contributed by atoms with Gasteiger partial charge in [-0.25, -0.2) is 9.97 Å². The van der Waals surface area contributed by atoms with E-state index in [1.807, 2.05) is 24.3 Å². The molecule has 3 rings (SSSR count). The van der Waals surface area contributed by atoms with E-state index in [0.29, 0.717) is 46.4 Å².